The Morgan fingerprint density at radius 2 is 1.22 bits per heavy atom. The molecular weight excluding hydrogens is 703 g/mol. The number of nitrogens with one attached hydrogen (secondary N) is 1. The SMILES string of the molecule is CS(=O)(=O)O.CS(=O)(=O)O.Cc1ccc(-c2ccccc2-c2nc(-c3ccc4nc(N)n(S(=O)(=O)C(C)C)c4c3)c(-c3ccccc3)[nH]2)cc1. The fourth-order valence-electron chi connectivity index (χ4n) is 4.90. The molecule has 0 unspecified atom stereocenters. The Labute approximate surface area is 291 Å². The number of nitrogens with two attached hydrogens (primary N) is 1. The van der Waals surface area contributed by atoms with Crippen LogP contribution < -0.4 is 5.73 Å². The van der Waals surface area contributed by atoms with Crippen LogP contribution in [-0.4, -0.2) is 71.0 Å². The highest BCUT2D eigenvalue weighted by Crippen LogP contribution is 2.38. The molecule has 0 aliphatic heterocycles. The Bertz CT molecular complexity index is 2410. The first kappa shape index (κ1) is 37.9. The van der Waals surface area contributed by atoms with Gasteiger partial charge in [0.2, 0.25) is 16.0 Å². The van der Waals surface area contributed by atoms with Crippen molar-refractivity contribution < 1.29 is 34.4 Å². The number of imidazole rings is 2. The molecule has 0 bridgehead atoms. The summed E-state index contributed by atoms with van der Waals surface area (Å²) in [4.78, 5) is 13.0. The van der Waals surface area contributed by atoms with Gasteiger partial charge in [-0.3, -0.25) is 9.11 Å². The van der Waals surface area contributed by atoms with E-state index in [4.69, 9.17) is 19.8 Å². The Morgan fingerprint density at radius 3 is 1.78 bits per heavy atom. The molecule has 4 aromatic carbocycles. The third kappa shape index (κ3) is 9.64. The van der Waals surface area contributed by atoms with E-state index in [0.29, 0.717) is 35.1 Å². The summed E-state index contributed by atoms with van der Waals surface area (Å²) in [5.74, 6) is 0.659. The van der Waals surface area contributed by atoms with Crippen molar-refractivity contribution in [3.8, 4) is 45.0 Å². The molecule has 16 heteroatoms. The second-order valence-electron chi connectivity index (χ2n) is 11.6. The number of aromatic amines is 1. The lowest BCUT2D eigenvalue weighted by Crippen LogP contribution is -2.23. The summed E-state index contributed by atoms with van der Waals surface area (Å²) in [6, 6.07) is 32.1. The largest absolute Gasteiger partial charge is 0.368 e. The monoisotopic (exact) mass is 739 g/mol. The molecule has 0 spiro atoms. The van der Waals surface area contributed by atoms with Crippen molar-refractivity contribution in [2.24, 2.45) is 0 Å². The molecular formula is C34H37N5O8S3. The number of H-pyrrole nitrogens is 1. The lowest BCUT2D eigenvalue weighted by molar-refractivity contribution is 0.488. The van der Waals surface area contributed by atoms with Crippen LogP contribution in [0.5, 0.6) is 0 Å². The zero-order valence-corrected chi connectivity index (χ0v) is 30.3. The van der Waals surface area contributed by atoms with Crippen LogP contribution in [0.1, 0.15) is 19.4 Å². The molecule has 6 rings (SSSR count). The summed E-state index contributed by atoms with van der Waals surface area (Å²) in [7, 11) is -11.1. The fraction of sp³-hybridized carbons (Fsp3) is 0.176. The fourth-order valence-corrected chi connectivity index (χ4v) is 6.04. The van der Waals surface area contributed by atoms with Crippen molar-refractivity contribution in [1.82, 2.24) is 18.9 Å². The minimum absolute atomic E-state index is 0.0566. The topological polar surface area (TPSA) is 215 Å². The zero-order valence-electron chi connectivity index (χ0n) is 27.8. The van der Waals surface area contributed by atoms with E-state index in [2.05, 4.69) is 53.3 Å². The third-order valence-electron chi connectivity index (χ3n) is 7.07. The zero-order chi connectivity index (χ0) is 37.0. The number of hydrogen-bond acceptors (Lipinski definition) is 9. The Morgan fingerprint density at radius 1 is 0.700 bits per heavy atom. The van der Waals surface area contributed by atoms with Gasteiger partial charge in [-0.15, -0.1) is 0 Å². The molecule has 0 amide bonds. The molecule has 5 N–H and O–H groups in total. The number of nitrogen functional groups attached to an aromatic ring is 1. The smallest absolute Gasteiger partial charge is 0.261 e. The summed E-state index contributed by atoms with van der Waals surface area (Å²) in [6.45, 7) is 5.33. The van der Waals surface area contributed by atoms with Gasteiger partial charge in [-0.05, 0) is 44.0 Å². The van der Waals surface area contributed by atoms with Gasteiger partial charge in [0.05, 0.1) is 40.2 Å². The van der Waals surface area contributed by atoms with Gasteiger partial charge in [-0.25, -0.2) is 22.4 Å². The third-order valence-corrected chi connectivity index (χ3v) is 9.16. The Hall–Kier alpha value is -4.87. The van der Waals surface area contributed by atoms with E-state index < -0.39 is 35.5 Å². The van der Waals surface area contributed by atoms with Crippen molar-refractivity contribution in [3.63, 3.8) is 0 Å². The number of fused-ring (bicyclic) bond motifs is 1. The molecule has 6 aromatic rings. The average molecular weight is 740 g/mol. The van der Waals surface area contributed by atoms with Gasteiger partial charge in [0.25, 0.3) is 20.2 Å². The molecule has 0 saturated heterocycles. The van der Waals surface area contributed by atoms with Gasteiger partial charge in [0.1, 0.15) is 5.82 Å². The number of nitrogens with zero attached hydrogens (tertiary/aromatic N) is 3. The highest BCUT2D eigenvalue weighted by molar-refractivity contribution is 7.90. The molecule has 0 radical (unpaired) electrons. The first-order valence-electron chi connectivity index (χ1n) is 14.9. The summed E-state index contributed by atoms with van der Waals surface area (Å²) in [5, 5.41) is -0.661. The maximum Gasteiger partial charge on any atom is 0.261 e. The van der Waals surface area contributed by atoms with Crippen molar-refractivity contribution in [2.75, 3.05) is 18.2 Å². The van der Waals surface area contributed by atoms with Crippen molar-refractivity contribution in [3.05, 3.63) is 103 Å². The minimum atomic E-state index is -3.73. The average Bonchev–Trinajstić information content (AvgIpc) is 3.61. The first-order chi connectivity index (χ1) is 23.2. The first-order valence-corrected chi connectivity index (χ1v) is 20.1. The van der Waals surface area contributed by atoms with Gasteiger partial charge < -0.3 is 10.7 Å². The standard InChI is InChI=1S/C32H29N5O2S.2CH4O3S/c1-20(2)40(38,39)37-28-19-24(17-18-27(28)34-32(37)33)30-29(23-9-5-4-6-10-23)35-31(36-30)26-12-8-7-11-25(26)22-15-13-21(3)14-16-22;2*1-5(2,3)4/h4-20H,1-3H3,(H2,33,34)(H,35,36);2*1H3,(H,2,3,4). The van der Waals surface area contributed by atoms with Crippen molar-refractivity contribution in [1.29, 1.82) is 0 Å². The normalized spacial score (nSPS) is 11.8. The van der Waals surface area contributed by atoms with Crippen molar-refractivity contribution >= 4 is 47.2 Å². The summed E-state index contributed by atoms with van der Waals surface area (Å²) in [5.41, 5.74) is 14.6. The number of anilines is 1. The van der Waals surface area contributed by atoms with Crippen LogP contribution in [-0.2, 0) is 30.3 Å². The second-order valence-corrected chi connectivity index (χ2v) is 16.9. The number of hydrogen-bond donors (Lipinski definition) is 4. The second kappa shape index (κ2) is 14.9. The number of rotatable bonds is 6. The van der Waals surface area contributed by atoms with E-state index in [1.54, 1.807) is 26.0 Å². The highest BCUT2D eigenvalue weighted by Gasteiger charge is 2.25. The van der Waals surface area contributed by atoms with Gasteiger partial charge in [0, 0.05) is 16.7 Å². The van der Waals surface area contributed by atoms with E-state index in [1.165, 1.54) is 5.56 Å². The van der Waals surface area contributed by atoms with Gasteiger partial charge in [-0.1, -0.05) is 90.5 Å². The van der Waals surface area contributed by atoms with E-state index in [9.17, 15) is 25.3 Å². The molecule has 0 aliphatic rings. The van der Waals surface area contributed by atoms with E-state index >= 15 is 0 Å². The minimum Gasteiger partial charge on any atom is -0.368 e. The molecule has 2 aromatic heterocycles. The van der Waals surface area contributed by atoms with E-state index in [1.807, 2.05) is 48.5 Å². The predicted molar refractivity (Wildman–Crippen MR) is 197 cm³/mol. The Balaban J connectivity index is 0.000000496. The lowest BCUT2D eigenvalue weighted by atomic mass is 9.98. The molecule has 264 valence electrons. The van der Waals surface area contributed by atoms with Gasteiger partial charge in [-0.2, -0.15) is 16.8 Å². The summed E-state index contributed by atoms with van der Waals surface area (Å²) < 4.78 is 79.2. The van der Waals surface area contributed by atoms with Crippen LogP contribution >= 0.6 is 0 Å². The molecule has 0 fully saturated rings. The molecule has 0 atom stereocenters. The highest BCUT2D eigenvalue weighted by atomic mass is 32.2. The van der Waals surface area contributed by atoms with Gasteiger partial charge in [0.15, 0.2) is 0 Å². The predicted octanol–water partition coefficient (Wildman–Crippen LogP) is 5.91. The number of aromatic nitrogens is 4. The molecule has 0 saturated carbocycles. The van der Waals surface area contributed by atoms with E-state index in [-0.39, 0.29) is 5.95 Å². The van der Waals surface area contributed by atoms with Crippen LogP contribution in [0.15, 0.2) is 97.1 Å². The lowest BCUT2D eigenvalue weighted by Gasteiger charge is -2.11. The molecule has 2 heterocycles. The summed E-state index contributed by atoms with van der Waals surface area (Å²) in [6.07, 6.45) is 1.43. The van der Waals surface area contributed by atoms with E-state index in [0.717, 1.165) is 37.5 Å². The van der Waals surface area contributed by atoms with Crippen molar-refractivity contribution in [2.45, 2.75) is 26.0 Å². The van der Waals surface area contributed by atoms with Gasteiger partial charge >= 0.3 is 0 Å². The van der Waals surface area contributed by atoms with Crippen LogP contribution in [0.3, 0.4) is 0 Å². The quantitative estimate of drug-likeness (QED) is 0.147. The number of aryl methyl sites for hydroxylation is 1. The van der Waals surface area contributed by atoms with Crippen LogP contribution in [0, 0.1) is 6.92 Å². The van der Waals surface area contributed by atoms with Crippen LogP contribution in [0.4, 0.5) is 5.95 Å². The van der Waals surface area contributed by atoms with Crippen LogP contribution in [0.25, 0.3) is 56.1 Å². The van der Waals surface area contributed by atoms with Crippen LogP contribution in [0.2, 0.25) is 0 Å². The molecule has 50 heavy (non-hydrogen) atoms. The summed E-state index contributed by atoms with van der Waals surface area (Å²) >= 11 is 0. The maximum atomic E-state index is 13.2. The molecule has 0 aliphatic carbocycles. The Kier molecular flexibility index (Phi) is 11.3. The number of benzene rings is 4. The maximum absolute atomic E-state index is 13.2. The molecule has 13 nitrogen and oxygen atoms in total.